The number of amides is 1. The molecule has 2 aromatic carbocycles. The van der Waals surface area contributed by atoms with Gasteiger partial charge in [0.05, 0.1) is 24.3 Å². The van der Waals surface area contributed by atoms with Crippen molar-refractivity contribution in [2.24, 2.45) is 0 Å². The van der Waals surface area contributed by atoms with Crippen LogP contribution in [0.25, 0.3) is 0 Å². The van der Waals surface area contributed by atoms with Gasteiger partial charge in [-0.15, -0.1) is 0 Å². The van der Waals surface area contributed by atoms with Crippen molar-refractivity contribution in [1.29, 1.82) is 0 Å². The molecule has 1 heterocycles. The van der Waals surface area contributed by atoms with Gasteiger partial charge in [0.1, 0.15) is 11.5 Å². The van der Waals surface area contributed by atoms with Gasteiger partial charge in [0.2, 0.25) is 0 Å². The van der Waals surface area contributed by atoms with Gasteiger partial charge in [-0.05, 0) is 55.7 Å². The van der Waals surface area contributed by atoms with Crippen LogP contribution in [0, 0.1) is 0 Å². The molecule has 1 aliphatic rings. The summed E-state index contributed by atoms with van der Waals surface area (Å²) in [4.78, 5) is 26.1. The fraction of sp³-hybridized carbons (Fsp3) is 0.333. The van der Waals surface area contributed by atoms with Gasteiger partial charge in [-0.3, -0.25) is 4.79 Å². The topological polar surface area (TPSA) is 76.1 Å². The molecule has 3 rings (SSSR count). The number of fused-ring (bicyclic) bond motifs is 1. The summed E-state index contributed by atoms with van der Waals surface area (Å²) in [6, 6.07) is 10.3. The summed E-state index contributed by atoms with van der Waals surface area (Å²) in [5, 5.41) is 9.20. The Morgan fingerprint density at radius 2 is 1.89 bits per heavy atom. The van der Waals surface area contributed by atoms with E-state index < -0.39 is 5.97 Å². The van der Waals surface area contributed by atoms with Crippen molar-refractivity contribution in [3.8, 4) is 11.5 Å². The molecule has 2 aromatic rings. The van der Waals surface area contributed by atoms with Crippen LogP contribution in [0.1, 0.15) is 45.7 Å². The maximum atomic E-state index is 13.1. The molecule has 1 N–H and O–H groups in total. The second kappa shape index (κ2) is 7.70. The summed E-state index contributed by atoms with van der Waals surface area (Å²) in [5.74, 6) is 0.000397. The van der Waals surface area contributed by atoms with E-state index in [1.54, 1.807) is 42.3 Å². The lowest BCUT2D eigenvalue weighted by Crippen LogP contribution is -2.36. The van der Waals surface area contributed by atoms with Gasteiger partial charge in [-0.25, -0.2) is 4.79 Å². The standard InChI is InChI=1S/C21H23NO5/c1-13(2)27-19-11-17(26-3)6-7-18(19)20(23)22-9-8-14-4-5-15(21(24)25)10-16(14)12-22/h4-7,10-11,13H,8-9,12H2,1-3H3,(H,24,25). The van der Waals surface area contributed by atoms with E-state index in [1.807, 2.05) is 19.9 Å². The van der Waals surface area contributed by atoms with Crippen molar-refractivity contribution in [2.45, 2.75) is 32.9 Å². The van der Waals surface area contributed by atoms with Crippen molar-refractivity contribution < 1.29 is 24.2 Å². The van der Waals surface area contributed by atoms with Crippen LogP contribution >= 0.6 is 0 Å². The number of ether oxygens (including phenoxy) is 2. The zero-order valence-electron chi connectivity index (χ0n) is 15.7. The fourth-order valence-electron chi connectivity index (χ4n) is 3.19. The van der Waals surface area contributed by atoms with Crippen LogP contribution in [-0.2, 0) is 13.0 Å². The number of carboxylic acids is 1. The predicted molar refractivity (Wildman–Crippen MR) is 101 cm³/mol. The second-order valence-electron chi connectivity index (χ2n) is 6.79. The van der Waals surface area contributed by atoms with Crippen LogP contribution in [0.5, 0.6) is 11.5 Å². The van der Waals surface area contributed by atoms with Gasteiger partial charge >= 0.3 is 5.97 Å². The first kappa shape index (κ1) is 18.8. The highest BCUT2D eigenvalue weighted by molar-refractivity contribution is 5.97. The molecule has 0 aromatic heterocycles. The largest absolute Gasteiger partial charge is 0.497 e. The maximum absolute atomic E-state index is 13.1. The number of carbonyl (C=O) groups excluding carboxylic acids is 1. The molecule has 27 heavy (non-hydrogen) atoms. The van der Waals surface area contributed by atoms with Crippen molar-refractivity contribution in [3.05, 3.63) is 58.7 Å². The van der Waals surface area contributed by atoms with Gasteiger partial charge < -0.3 is 19.5 Å². The molecule has 0 saturated carbocycles. The SMILES string of the molecule is COc1ccc(C(=O)N2CCc3ccc(C(=O)O)cc3C2)c(OC(C)C)c1. The molecule has 0 bridgehead atoms. The molecule has 1 aliphatic heterocycles. The zero-order chi connectivity index (χ0) is 19.6. The molecule has 142 valence electrons. The normalized spacial score (nSPS) is 13.3. The third-order valence-corrected chi connectivity index (χ3v) is 4.53. The molecule has 0 radical (unpaired) electrons. The molecule has 6 nitrogen and oxygen atoms in total. The monoisotopic (exact) mass is 369 g/mol. The van der Waals surface area contributed by atoms with Gasteiger partial charge in [0.25, 0.3) is 5.91 Å². The fourth-order valence-corrected chi connectivity index (χ4v) is 3.19. The lowest BCUT2D eigenvalue weighted by molar-refractivity contribution is 0.0696. The number of benzene rings is 2. The molecular formula is C21H23NO5. The van der Waals surface area contributed by atoms with E-state index >= 15 is 0 Å². The molecule has 1 amide bonds. The Morgan fingerprint density at radius 1 is 1.11 bits per heavy atom. The van der Waals surface area contributed by atoms with Crippen LogP contribution in [0.4, 0.5) is 0 Å². The van der Waals surface area contributed by atoms with E-state index in [0.29, 0.717) is 36.6 Å². The van der Waals surface area contributed by atoms with E-state index in [1.165, 1.54) is 0 Å². The predicted octanol–water partition coefficient (Wildman–Crippen LogP) is 3.38. The van der Waals surface area contributed by atoms with Crippen molar-refractivity contribution in [2.75, 3.05) is 13.7 Å². The lowest BCUT2D eigenvalue weighted by Gasteiger charge is -2.30. The van der Waals surface area contributed by atoms with Crippen LogP contribution in [-0.4, -0.2) is 41.6 Å². The number of hydrogen-bond acceptors (Lipinski definition) is 4. The maximum Gasteiger partial charge on any atom is 0.335 e. The first-order chi connectivity index (χ1) is 12.9. The molecule has 0 unspecified atom stereocenters. The average molecular weight is 369 g/mol. The Hall–Kier alpha value is -3.02. The molecule has 0 saturated heterocycles. The third kappa shape index (κ3) is 4.05. The quantitative estimate of drug-likeness (QED) is 0.874. The minimum Gasteiger partial charge on any atom is -0.497 e. The van der Waals surface area contributed by atoms with Gasteiger partial charge in [-0.2, -0.15) is 0 Å². The second-order valence-corrected chi connectivity index (χ2v) is 6.79. The zero-order valence-corrected chi connectivity index (χ0v) is 15.7. The van der Waals surface area contributed by atoms with E-state index in [9.17, 15) is 14.7 Å². The highest BCUT2D eigenvalue weighted by Gasteiger charge is 2.25. The summed E-state index contributed by atoms with van der Waals surface area (Å²) < 4.78 is 11.1. The van der Waals surface area contributed by atoms with E-state index in [4.69, 9.17) is 9.47 Å². The number of aromatic carboxylic acids is 1. The summed E-state index contributed by atoms with van der Waals surface area (Å²) in [5.41, 5.74) is 2.66. The first-order valence-electron chi connectivity index (χ1n) is 8.88. The number of rotatable bonds is 5. The third-order valence-electron chi connectivity index (χ3n) is 4.53. The Labute approximate surface area is 158 Å². The molecule has 0 spiro atoms. The number of carboxylic acid groups (broad SMARTS) is 1. The number of methoxy groups -OCH3 is 1. The van der Waals surface area contributed by atoms with Crippen LogP contribution in [0.3, 0.4) is 0 Å². The first-order valence-corrected chi connectivity index (χ1v) is 8.88. The Kier molecular flexibility index (Phi) is 5.35. The minimum absolute atomic E-state index is 0.0798. The molecule has 0 atom stereocenters. The van der Waals surface area contributed by atoms with Gasteiger partial charge in [0.15, 0.2) is 0 Å². The summed E-state index contributed by atoms with van der Waals surface area (Å²) >= 11 is 0. The highest BCUT2D eigenvalue weighted by Crippen LogP contribution is 2.29. The Bertz CT molecular complexity index is 875. The number of carbonyl (C=O) groups is 2. The smallest absolute Gasteiger partial charge is 0.335 e. The van der Waals surface area contributed by atoms with Gasteiger partial charge in [-0.1, -0.05) is 6.07 Å². The average Bonchev–Trinajstić information content (AvgIpc) is 2.66. The minimum atomic E-state index is -0.968. The van der Waals surface area contributed by atoms with E-state index in [-0.39, 0.29) is 17.6 Å². The van der Waals surface area contributed by atoms with Crippen LogP contribution < -0.4 is 9.47 Å². The number of hydrogen-bond donors (Lipinski definition) is 1. The molecule has 6 heteroatoms. The summed E-state index contributed by atoms with van der Waals surface area (Å²) in [6.07, 6.45) is 0.612. The lowest BCUT2D eigenvalue weighted by atomic mass is 9.96. The highest BCUT2D eigenvalue weighted by atomic mass is 16.5. The summed E-state index contributed by atoms with van der Waals surface area (Å²) in [6.45, 7) is 4.75. The number of nitrogens with zero attached hydrogens (tertiary/aromatic N) is 1. The van der Waals surface area contributed by atoms with Crippen molar-refractivity contribution in [1.82, 2.24) is 4.90 Å². The van der Waals surface area contributed by atoms with Crippen LogP contribution in [0.2, 0.25) is 0 Å². The molecule has 0 aliphatic carbocycles. The van der Waals surface area contributed by atoms with Crippen molar-refractivity contribution in [3.63, 3.8) is 0 Å². The van der Waals surface area contributed by atoms with Gasteiger partial charge in [0, 0.05) is 19.2 Å². The Balaban J connectivity index is 1.88. The molecule has 0 fully saturated rings. The van der Waals surface area contributed by atoms with E-state index in [2.05, 4.69) is 0 Å². The van der Waals surface area contributed by atoms with Crippen molar-refractivity contribution >= 4 is 11.9 Å². The van der Waals surface area contributed by atoms with E-state index in [0.717, 1.165) is 11.1 Å². The molecular weight excluding hydrogens is 346 g/mol. The Morgan fingerprint density at radius 3 is 2.56 bits per heavy atom. The summed E-state index contributed by atoms with van der Waals surface area (Å²) in [7, 11) is 1.57. The van der Waals surface area contributed by atoms with Crippen LogP contribution in [0.15, 0.2) is 36.4 Å².